The number of nitrogens with one attached hydrogen (secondary N) is 1. The van der Waals surface area contributed by atoms with E-state index in [1.165, 1.54) is 31.2 Å². The van der Waals surface area contributed by atoms with Crippen LogP contribution in [0.4, 0.5) is 11.4 Å². The molecular formula is C16H12Cl2N2O5. The van der Waals surface area contributed by atoms with Crippen LogP contribution in [0.2, 0.25) is 10.0 Å². The number of nitro groups is 1. The van der Waals surface area contributed by atoms with Gasteiger partial charge in [-0.3, -0.25) is 19.7 Å². The maximum Gasteiger partial charge on any atom is 0.311 e. The molecule has 0 fully saturated rings. The van der Waals surface area contributed by atoms with Gasteiger partial charge in [0.15, 0.2) is 11.9 Å². The Kier molecular flexibility index (Phi) is 5.95. The Bertz CT molecular complexity index is 841. The van der Waals surface area contributed by atoms with Crippen LogP contribution in [-0.2, 0) is 4.79 Å². The Morgan fingerprint density at radius 1 is 1.28 bits per heavy atom. The Labute approximate surface area is 152 Å². The van der Waals surface area contributed by atoms with Crippen LogP contribution in [0.5, 0.6) is 5.75 Å². The molecule has 0 unspecified atom stereocenters. The molecule has 25 heavy (non-hydrogen) atoms. The van der Waals surface area contributed by atoms with E-state index in [1.807, 2.05) is 0 Å². The number of rotatable bonds is 6. The van der Waals surface area contributed by atoms with E-state index >= 15 is 0 Å². The van der Waals surface area contributed by atoms with Gasteiger partial charge in [0.25, 0.3) is 5.91 Å². The van der Waals surface area contributed by atoms with Gasteiger partial charge in [-0.15, -0.1) is 0 Å². The molecule has 1 N–H and O–H groups in total. The van der Waals surface area contributed by atoms with E-state index < -0.39 is 22.6 Å². The van der Waals surface area contributed by atoms with Gasteiger partial charge in [0.2, 0.25) is 0 Å². The Morgan fingerprint density at radius 2 is 2.00 bits per heavy atom. The summed E-state index contributed by atoms with van der Waals surface area (Å²) in [6.07, 6.45) is -0.567. The lowest BCUT2D eigenvalue weighted by Crippen LogP contribution is -2.30. The van der Waals surface area contributed by atoms with E-state index in [0.717, 1.165) is 6.07 Å². The second kappa shape index (κ2) is 7.96. The first-order chi connectivity index (χ1) is 11.8. The predicted octanol–water partition coefficient (Wildman–Crippen LogP) is 4.12. The Hall–Kier alpha value is -2.64. The molecule has 1 amide bonds. The smallest absolute Gasteiger partial charge is 0.311 e. The predicted molar refractivity (Wildman–Crippen MR) is 93.7 cm³/mol. The van der Waals surface area contributed by atoms with Crippen molar-refractivity contribution in [2.75, 3.05) is 5.32 Å². The van der Waals surface area contributed by atoms with Gasteiger partial charge in [-0.25, -0.2) is 0 Å². The summed E-state index contributed by atoms with van der Waals surface area (Å²) in [5.41, 5.74) is 0.0511. The summed E-state index contributed by atoms with van der Waals surface area (Å²) in [7, 11) is 0. The number of anilines is 1. The van der Waals surface area contributed by atoms with Crippen molar-refractivity contribution in [1.82, 2.24) is 0 Å². The molecule has 7 nitrogen and oxygen atoms in total. The van der Waals surface area contributed by atoms with Crippen molar-refractivity contribution in [2.45, 2.75) is 13.0 Å². The molecular weight excluding hydrogens is 371 g/mol. The lowest BCUT2D eigenvalue weighted by atomic mass is 10.2. The van der Waals surface area contributed by atoms with E-state index in [9.17, 15) is 19.7 Å². The van der Waals surface area contributed by atoms with Crippen molar-refractivity contribution < 1.29 is 19.2 Å². The van der Waals surface area contributed by atoms with E-state index in [1.54, 1.807) is 6.07 Å². The monoisotopic (exact) mass is 382 g/mol. The second-order valence-electron chi connectivity index (χ2n) is 4.98. The maximum absolute atomic E-state index is 12.2. The number of nitro benzene ring substituents is 1. The minimum absolute atomic E-state index is 0.125. The summed E-state index contributed by atoms with van der Waals surface area (Å²) in [6.45, 7) is 1.43. The molecule has 130 valence electrons. The lowest BCUT2D eigenvalue weighted by Gasteiger charge is -2.15. The number of carbonyl (C=O) groups excluding carboxylic acids is 2. The molecule has 0 saturated heterocycles. The fourth-order valence-electron chi connectivity index (χ4n) is 1.92. The van der Waals surface area contributed by atoms with Crippen molar-refractivity contribution in [2.24, 2.45) is 0 Å². The third-order valence-corrected chi connectivity index (χ3v) is 3.73. The minimum atomic E-state index is -1.05. The molecule has 0 heterocycles. The van der Waals surface area contributed by atoms with Crippen LogP contribution in [0.1, 0.15) is 17.3 Å². The first-order valence-electron chi connectivity index (χ1n) is 6.98. The largest absolute Gasteiger partial charge is 0.474 e. The highest BCUT2D eigenvalue weighted by Gasteiger charge is 2.22. The molecule has 0 bridgehead atoms. The number of nitrogens with zero attached hydrogens (tertiary/aromatic N) is 1. The Morgan fingerprint density at radius 3 is 2.60 bits per heavy atom. The van der Waals surface area contributed by atoms with Crippen LogP contribution in [0.15, 0.2) is 36.4 Å². The van der Waals surface area contributed by atoms with Crippen LogP contribution < -0.4 is 10.1 Å². The van der Waals surface area contributed by atoms with Gasteiger partial charge < -0.3 is 10.1 Å². The maximum atomic E-state index is 12.2. The average Bonchev–Trinajstić information content (AvgIpc) is 2.57. The Balaban J connectivity index is 2.16. The zero-order chi connectivity index (χ0) is 18.6. The number of hydrogen-bond donors (Lipinski definition) is 1. The van der Waals surface area contributed by atoms with E-state index in [2.05, 4.69) is 5.32 Å². The average molecular weight is 383 g/mol. The normalized spacial score (nSPS) is 11.5. The third-order valence-electron chi connectivity index (χ3n) is 3.18. The van der Waals surface area contributed by atoms with Crippen molar-refractivity contribution in [3.8, 4) is 5.75 Å². The second-order valence-corrected chi connectivity index (χ2v) is 5.82. The standard InChI is InChI=1S/C16H12Cl2N2O5/c1-9(16(22)19-13-4-3-11(17)7-12(13)18)25-15-5-2-10(8-21)6-14(15)20(23)24/h2-9H,1H3,(H,19,22)/t9-/m1/s1. The van der Waals surface area contributed by atoms with Gasteiger partial charge in [0.1, 0.15) is 6.29 Å². The summed E-state index contributed by atoms with van der Waals surface area (Å²) in [5.74, 6) is -0.682. The number of amides is 1. The first kappa shape index (κ1) is 18.7. The summed E-state index contributed by atoms with van der Waals surface area (Å²) >= 11 is 11.8. The fraction of sp³-hybridized carbons (Fsp3) is 0.125. The molecule has 0 aliphatic heterocycles. The van der Waals surface area contributed by atoms with Crippen LogP contribution in [0.25, 0.3) is 0 Å². The van der Waals surface area contributed by atoms with Gasteiger partial charge >= 0.3 is 5.69 Å². The first-order valence-corrected chi connectivity index (χ1v) is 7.73. The van der Waals surface area contributed by atoms with Crippen LogP contribution in [0.3, 0.4) is 0 Å². The highest BCUT2D eigenvalue weighted by Crippen LogP contribution is 2.29. The van der Waals surface area contributed by atoms with E-state index in [0.29, 0.717) is 17.0 Å². The summed E-state index contributed by atoms with van der Waals surface area (Å²) < 4.78 is 5.37. The number of aldehydes is 1. The van der Waals surface area contributed by atoms with Gasteiger partial charge in [-0.05, 0) is 37.3 Å². The summed E-state index contributed by atoms with van der Waals surface area (Å²) in [5, 5.41) is 14.3. The molecule has 2 aromatic carbocycles. The summed E-state index contributed by atoms with van der Waals surface area (Å²) in [6, 6.07) is 8.24. The molecule has 2 rings (SSSR count). The van der Waals surface area contributed by atoms with Crippen molar-refractivity contribution >= 4 is 46.8 Å². The van der Waals surface area contributed by atoms with Crippen molar-refractivity contribution in [3.05, 3.63) is 62.1 Å². The zero-order valence-electron chi connectivity index (χ0n) is 12.9. The molecule has 0 spiro atoms. The fourth-order valence-corrected chi connectivity index (χ4v) is 2.37. The molecule has 0 aromatic heterocycles. The molecule has 9 heteroatoms. The number of carbonyl (C=O) groups is 2. The van der Waals surface area contributed by atoms with Gasteiger partial charge in [-0.2, -0.15) is 0 Å². The molecule has 0 saturated carbocycles. The highest BCUT2D eigenvalue weighted by molar-refractivity contribution is 6.36. The van der Waals surface area contributed by atoms with Crippen LogP contribution in [0, 0.1) is 10.1 Å². The summed E-state index contributed by atoms with van der Waals surface area (Å²) in [4.78, 5) is 33.3. The highest BCUT2D eigenvalue weighted by atomic mass is 35.5. The lowest BCUT2D eigenvalue weighted by molar-refractivity contribution is -0.386. The van der Waals surface area contributed by atoms with Crippen LogP contribution >= 0.6 is 23.2 Å². The number of halogens is 2. The number of benzene rings is 2. The van der Waals surface area contributed by atoms with Crippen LogP contribution in [-0.4, -0.2) is 23.2 Å². The minimum Gasteiger partial charge on any atom is -0.474 e. The molecule has 2 aromatic rings. The quantitative estimate of drug-likeness (QED) is 0.460. The molecule has 1 atom stereocenters. The van der Waals surface area contributed by atoms with Crippen molar-refractivity contribution in [3.63, 3.8) is 0 Å². The van der Waals surface area contributed by atoms with Gasteiger partial charge in [-0.1, -0.05) is 23.2 Å². The van der Waals surface area contributed by atoms with E-state index in [-0.39, 0.29) is 16.3 Å². The number of hydrogen-bond acceptors (Lipinski definition) is 5. The van der Waals surface area contributed by atoms with E-state index in [4.69, 9.17) is 27.9 Å². The van der Waals surface area contributed by atoms with Gasteiger partial charge in [0, 0.05) is 16.7 Å². The third kappa shape index (κ3) is 4.68. The molecule has 0 aliphatic carbocycles. The molecule has 0 aliphatic rings. The molecule has 0 radical (unpaired) electrons. The zero-order valence-corrected chi connectivity index (χ0v) is 14.4. The topological polar surface area (TPSA) is 98.5 Å². The van der Waals surface area contributed by atoms with Gasteiger partial charge in [0.05, 0.1) is 15.6 Å². The van der Waals surface area contributed by atoms with Crippen molar-refractivity contribution in [1.29, 1.82) is 0 Å². The number of ether oxygens (including phenoxy) is 1. The SMILES string of the molecule is C[C@@H](Oc1ccc(C=O)cc1[N+](=O)[O-])C(=O)Nc1ccc(Cl)cc1Cl.